The molecule has 0 aliphatic carbocycles. The molecule has 0 fully saturated rings. The average molecular weight is 457 g/mol. The molecular weight excluding hydrogens is 424 g/mol. The van der Waals surface area contributed by atoms with Crippen LogP contribution < -0.4 is 9.64 Å². The summed E-state index contributed by atoms with van der Waals surface area (Å²) in [4.78, 5) is 29.6. The molecule has 0 saturated carbocycles. The second kappa shape index (κ2) is 9.72. The molecule has 1 heterocycles. The first-order valence-corrected chi connectivity index (χ1v) is 11.7. The summed E-state index contributed by atoms with van der Waals surface area (Å²) in [6, 6.07) is 25.4. The highest BCUT2D eigenvalue weighted by atomic mass is 16.5. The van der Waals surface area contributed by atoms with Crippen LogP contribution in [0.15, 0.2) is 78.9 Å². The third-order valence-corrected chi connectivity index (χ3v) is 6.24. The molecule has 4 rings (SSSR count). The number of rotatable bonds is 5. The van der Waals surface area contributed by atoms with Crippen molar-refractivity contribution in [2.45, 2.75) is 33.2 Å². The van der Waals surface area contributed by atoms with E-state index < -0.39 is 5.41 Å². The topological polar surface area (TPSA) is 49.9 Å². The lowest BCUT2D eigenvalue weighted by molar-refractivity contribution is -0.141. The van der Waals surface area contributed by atoms with Crippen LogP contribution in [0.2, 0.25) is 0 Å². The predicted octanol–water partition coefficient (Wildman–Crippen LogP) is 5.25. The molecule has 5 nitrogen and oxygen atoms in total. The molecule has 2 amide bonds. The van der Waals surface area contributed by atoms with Crippen molar-refractivity contribution >= 4 is 17.5 Å². The third-order valence-electron chi connectivity index (χ3n) is 6.24. The Morgan fingerprint density at radius 2 is 1.62 bits per heavy atom. The summed E-state index contributed by atoms with van der Waals surface area (Å²) in [5.74, 6) is 0.616. The van der Waals surface area contributed by atoms with E-state index in [1.54, 1.807) is 11.9 Å². The molecule has 176 valence electrons. The molecule has 0 aromatic heterocycles. The molecule has 0 saturated heterocycles. The zero-order valence-corrected chi connectivity index (χ0v) is 20.3. The van der Waals surface area contributed by atoms with E-state index in [0.717, 1.165) is 23.2 Å². The zero-order valence-electron chi connectivity index (χ0n) is 20.3. The van der Waals surface area contributed by atoms with E-state index in [4.69, 9.17) is 4.74 Å². The Kier molecular flexibility index (Phi) is 6.73. The van der Waals surface area contributed by atoms with E-state index in [2.05, 4.69) is 18.2 Å². The minimum atomic E-state index is -0.479. The summed E-state index contributed by atoms with van der Waals surface area (Å²) >= 11 is 0. The second-order valence-corrected chi connectivity index (χ2v) is 9.75. The highest BCUT2D eigenvalue weighted by molar-refractivity contribution is 5.93. The molecular formula is C29H32N2O3. The Hall–Kier alpha value is -3.60. The van der Waals surface area contributed by atoms with Gasteiger partial charge in [-0.15, -0.1) is 0 Å². The molecule has 3 aromatic carbocycles. The van der Waals surface area contributed by atoms with E-state index in [-0.39, 0.29) is 24.5 Å². The number of anilines is 1. The summed E-state index contributed by atoms with van der Waals surface area (Å²) in [5, 5.41) is 0. The number of hydrogen-bond donors (Lipinski definition) is 0. The number of para-hydroxylation sites is 1. The van der Waals surface area contributed by atoms with Gasteiger partial charge in [-0.1, -0.05) is 75.4 Å². The number of fused-ring (bicyclic) bond motifs is 1. The fourth-order valence-corrected chi connectivity index (χ4v) is 4.36. The Morgan fingerprint density at radius 3 is 2.26 bits per heavy atom. The van der Waals surface area contributed by atoms with Gasteiger partial charge in [-0.2, -0.15) is 0 Å². The molecule has 1 atom stereocenters. The van der Waals surface area contributed by atoms with Crippen molar-refractivity contribution in [2.24, 2.45) is 5.41 Å². The number of benzene rings is 3. The van der Waals surface area contributed by atoms with Gasteiger partial charge in [0, 0.05) is 24.7 Å². The summed E-state index contributed by atoms with van der Waals surface area (Å²) in [6.45, 7) is 6.48. The van der Waals surface area contributed by atoms with Gasteiger partial charge in [-0.05, 0) is 47.4 Å². The molecule has 5 heteroatoms. The fraction of sp³-hybridized carbons (Fsp3) is 0.310. The van der Waals surface area contributed by atoms with Gasteiger partial charge in [0.15, 0.2) is 6.61 Å². The average Bonchev–Trinajstić information content (AvgIpc) is 2.86. The molecule has 1 unspecified atom stereocenters. The number of hydrogen-bond acceptors (Lipinski definition) is 3. The minimum Gasteiger partial charge on any atom is -0.484 e. The highest BCUT2D eigenvalue weighted by Crippen LogP contribution is 2.39. The van der Waals surface area contributed by atoms with E-state index in [1.165, 1.54) is 5.56 Å². The summed E-state index contributed by atoms with van der Waals surface area (Å²) < 4.78 is 5.93. The normalized spacial score (nSPS) is 15.4. The quantitative estimate of drug-likeness (QED) is 0.527. The maximum atomic E-state index is 13.4. The highest BCUT2D eigenvalue weighted by Gasteiger charge is 2.37. The first-order valence-electron chi connectivity index (χ1n) is 11.7. The van der Waals surface area contributed by atoms with E-state index in [0.29, 0.717) is 12.3 Å². The van der Waals surface area contributed by atoms with Gasteiger partial charge < -0.3 is 14.5 Å². The summed E-state index contributed by atoms with van der Waals surface area (Å²) in [5.41, 5.74) is 3.66. The molecule has 0 radical (unpaired) electrons. The minimum absolute atomic E-state index is 0.0647. The number of nitrogens with zero attached hydrogens (tertiary/aromatic N) is 2. The Labute approximate surface area is 202 Å². The van der Waals surface area contributed by atoms with Gasteiger partial charge in [-0.3, -0.25) is 9.59 Å². The molecule has 0 N–H and O–H groups in total. The molecule has 1 aliphatic heterocycles. The van der Waals surface area contributed by atoms with Crippen LogP contribution in [0.3, 0.4) is 0 Å². The van der Waals surface area contributed by atoms with Gasteiger partial charge in [0.1, 0.15) is 5.75 Å². The van der Waals surface area contributed by atoms with Crippen molar-refractivity contribution in [1.29, 1.82) is 0 Å². The lowest BCUT2D eigenvalue weighted by Gasteiger charge is -2.41. The molecule has 1 aliphatic rings. The maximum absolute atomic E-state index is 13.4. The molecule has 0 spiro atoms. The van der Waals surface area contributed by atoms with Crippen LogP contribution in [0, 0.1) is 5.41 Å². The standard InChI is InChI=1S/C29H32N2O3/c1-29(2,3)28(33)31-18-17-21-15-16-24(19-25(21)27(31)22-11-7-5-8-12-22)34-20-26(32)30(4)23-13-9-6-10-14-23/h5-16,19,27H,17-18,20H2,1-4H3. The lowest BCUT2D eigenvalue weighted by atomic mass is 9.85. The van der Waals surface area contributed by atoms with Crippen molar-refractivity contribution in [1.82, 2.24) is 4.90 Å². The van der Waals surface area contributed by atoms with Crippen molar-refractivity contribution in [2.75, 3.05) is 25.1 Å². The number of carbonyl (C=O) groups is 2. The van der Waals surface area contributed by atoms with Gasteiger partial charge in [0.05, 0.1) is 6.04 Å². The third kappa shape index (κ3) is 4.98. The summed E-state index contributed by atoms with van der Waals surface area (Å²) in [7, 11) is 1.75. The van der Waals surface area contributed by atoms with Crippen LogP contribution in [0.5, 0.6) is 5.75 Å². The first kappa shape index (κ1) is 23.6. The number of amides is 2. The van der Waals surface area contributed by atoms with Crippen molar-refractivity contribution in [3.63, 3.8) is 0 Å². The van der Waals surface area contributed by atoms with Crippen LogP contribution in [0.4, 0.5) is 5.69 Å². The number of likely N-dealkylation sites (N-methyl/N-ethyl adjacent to an activating group) is 1. The zero-order chi connectivity index (χ0) is 24.3. The Balaban J connectivity index is 1.60. The largest absolute Gasteiger partial charge is 0.484 e. The lowest BCUT2D eigenvalue weighted by Crippen LogP contribution is -2.45. The number of ether oxygens (including phenoxy) is 1. The molecule has 34 heavy (non-hydrogen) atoms. The first-order chi connectivity index (χ1) is 16.3. The molecule has 0 bridgehead atoms. The van der Waals surface area contributed by atoms with Crippen molar-refractivity contribution in [3.8, 4) is 5.75 Å². The van der Waals surface area contributed by atoms with Gasteiger partial charge in [0.2, 0.25) is 5.91 Å². The number of carbonyl (C=O) groups excluding carboxylic acids is 2. The summed E-state index contributed by atoms with van der Waals surface area (Å²) in [6.07, 6.45) is 0.788. The Morgan fingerprint density at radius 1 is 0.971 bits per heavy atom. The smallest absolute Gasteiger partial charge is 0.264 e. The van der Waals surface area contributed by atoms with E-state index >= 15 is 0 Å². The molecule has 3 aromatic rings. The van der Waals surface area contributed by atoms with Crippen molar-refractivity contribution in [3.05, 3.63) is 95.6 Å². The van der Waals surface area contributed by atoms with Crippen LogP contribution >= 0.6 is 0 Å². The van der Waals surface area contributed by atoms with Crippen LogP contribution in [-0.2, 0) is 16.0 Å². The maximum Gasteiger partial charge on any atom is 0.264 e. The van der Waals surface area contributed by atoms with Gasteiger partial charge in [-0.25, -0.2) is 0 Å². The van der Waals surface area contributed by atoms with Crippen molar-refractivity contribution < 1.29 is 14.3 Å². The Bertz CT molecular complexity index is 1150. The van der Waals surface area contributed by atoms with E-state index in [9.17, 15) is 9.59 Å². The van der Waals surface area contributed by atoms with Crippen LogP contribution in [0.1, 0.15) is 43.5 Å². The van der Waals surface area contributed by atoms with Gasteiger partial charge >= 0.3 is 0 Å². The van der Waals surface area contributed by atoms with Crippen LogP contribution in [-0.4, -0.2) is 36.9 Å². The monoisotopic (exact) mass is 456 g/mol. The van der Waals surface area contributed by atoms with Gasteiger partial charge in [0.25, 0.3) is 5.91 Å². The SMILES string of the molecule is CN(C(=O)COc1ccc2c(c1)C(c1ccccc1)N(C(=O)C(C)(C)C)CC2)c1ccccc1. The fourth-order valence-electron chi connectivity index (χ4n) is 4.36. The second-order valence-electron chi connectivity index (χ2n) is 9.75. The predicted molar refractivity (Wildman–Crippen MR) is 135 cm³/mol. The van der Waals surface area contributed by atoms with E-state index in [1.807, 2.05) is 86.3 Å². The van der Waals surface area contributed by atoms with Crippen LogP contribution in [0.25, 0.3) is 0 Å².